The van der Waals surface area contributed by atoms with Crippen molar-refractivity contribution in [3.05, 3.63) is 40.4 Å². The zero-order chi connectivity index (χ0) is 14.8. The number of carboxylic acid groups (broad SMARTS) is 1. The van der Waals surface area contributed by atoms with Gasteiger partial charge in [-0.1, -0.05) is 11.3 Å². The number of carbonyl (C=O) groups excluding carboxylic acids is 1. The van der Waals surface area contributed by atoms with Crippen molar-refractivity contribution < 1.29 is 14.7 Å². The average Bonchev–Trinajstić information content (AvgIpc) is 3.06. The van der Waals surface area contributed by atoms with Gasteiger partial charge in [0.05, 0.1) is 12.2 Å². The molecule has 2 aromatic rings. The number of hydrogen-bond donors (Lipinski definition) is 1. The van der Waals surface area contributed by atoms with E-state index >= 15 is 0 Å². The highest BCUT2D eigenvalue weighted by Gasteiger charge is 2.32. The summed E-state index contributed by atoms with van der Waals surface area (Å²) >= 11 is 1.57. The molecule has 3 heterocycles. The molecule has 108 valence electrons. The first-order valence-electron chi connectivity index (χ1n) is 6.29. The average molecular weight is 304 g/mol. The molecule has 0 bridgehead atoms. The Morgan fingerprint density at radius 2 is 2.24 bits per heavy atom. The van der Waals surface area contributed by atoms with E-state index in [1.165, 1.54) is 10.9 Å². The summed E-state index contributed by atoms with van der Waals surface area (Å²) in [6, 6.07) is 3.86. The van der Waals surface area contributed by atoms with Crippen molar-refractivity contribution in [2.75, 3.05) is 13.1 Å². The fraction of sp³-hybridized carbons (Fsp3) is 0.231. The number of likely N-dealkylation sites (tertiary alicyclic amines) is 1. The number of carbonyl (C=O) groups is 2. The number of aromatic nitrogens is 3. The van der Waals surface area contributed by atoms with E-state index in [-0.39, 0.29) is 17.6 Å². The van der Waals surface area contributed by atoms with Crippen LogP contribution in [0.2, 0.25) is 0 Å². The highest BCUT2D eigenvalue weighted by atomic mass is 32.1. The second-order valence-electron chi connectivity index (χ2n) is 4.63. The maximum absolute atomic E-state index is 11.9. The van der Waals surface area contributed by atoms with E-state index in [1.54, 1.807) is 28.4 Å². The van der Waals surface area contributed by atoms with Gasteiger partial charge in [0.2, 0.25) is 5.91 Å². The van der Waals surface area contributed by atoms with Crippen molar-refractivity contribution in [2.45, 2.75) is 6.04 Å². The third-order valence-corrected chi connectivity index (χ3v) is 4.05. The van der Waals surface area contributed by atoms with E-state index in [4.69, 9.17) is 5.11 Å². The predicted octanol–water partition coefficient (Wildman–Crippen LogP) is 1.13. The predicted molar refractivity (Wildman–Crippen MR) is 76.0 cm³/mol. The number of amides is 1. The van der Waals surface area contributed by atoms with Gasteiger partial charge in [-0.25, -0.2) is 9.48 Å². The molecular weight excluding hydrogens is 292 g/mol. The molecule has 0 aromatic carbocycles. The first kappa shape index (κ1) is 13.5. The molecule has 3 rings (SSSR count). The molecule has 8 heteroatoms. The third kappa shape index (κ3) is 2.84. The fourth-order valence-electron chi connectivity index (χ4n) is 2.00. The van der Waals surface area contributed by atoms with Crippen LogP contribution in [0.1, 0.15) is 21.4 Å². The van der Waals surface area contributed by atoms with Crippen molar-refractivity contribution in [3.63, 3.8) is 0 Å². The number of thiophene rings is 1. The van der Waals surface area contributed by atoms with Gasteiger partial charge in [0, 0.05) is 24.0 Å². The Bertz CT molecular complexity index is 686. The first-order chi connectivity index (χ1) is 10.1. The molecule has 0 aliphatic carbocycles. The third-order valence-electron chi connectivity index (χ3n) is 3.21. The standard InChI is InChI=1S/C13H12N4O3S/c18-12(4-3-10-2-1-5-21-10)16-6-9(7-16)17-8-11(13(19)20)14-15-17/h1-5,8-9H,6-7H2,(H,19,20). The second kappa shape index (κ2) is 5.49. The molecule has 2 aromatic heterocycles. The Morgan fingerprint density at radius 1 is 1.43 bits per heavy atom. The van der Waals surface area contributed by atoms with Crippen LogP contribution >= 0.6 is 11.3 Å². The Kier molecular flexibility index (Phi) is 3.53. The van der Waals surface area contributed by atoms with Crippen molar-refractivity contribution in [2.24, 2.45) is 0 Å². The van der Waals surface area contributed by atoms with Crippen LogP contribution in [0.4, 0.5) is 0 Å². The lowest BCUT2D eigenvalue weighted by Crippen LogP contribution is -2.50. The molecule has 0 saturated carbocycles. The number of nitrogens with zero attached hydrogens (tertiary/aromatic N) is 4. The highest BCUT2D eigenvalue weighted by Crippen LogP contribution is 2.21. The van der Waals surface area contributed by atoms with E-state index in [1.807, 2.05) is 17.5 Å². The van der Waals surface area contributed by atoms with Crippen molar-refractivity contribution >= 4 is 29.3 Å². The first-order valence-corrected chi connectivity index (χ1v) is 7.17. The molecule has 21 heavy (non-hydrogen) atoms. The van der Waals surface area contributed by atoms with Gasteiger partial charge in [-0.15, -0.1) is 16.4 Å². The summed E-state index contributed by atoms with van der Waals surface area (Å²) in [6.45, 7) is 1.02. The minimum Gasteiger partial charge on any atom is -0.476 e. The van der Waals surface area contributed by atoms with Crippen LogP contribution in [-0.4, -0.2) is 50.0 Å². The zero-order valence-electron chi connectivity index (χ0n) is 10.9. The lowest BCUT2D eigenvalue weighted by Gasteiger charge is -2.38. The minimum atomic E-state index is -1.10. The van der Waals surface area contributed by atoms with Gasteiger partial charge >= 0.3 is 5.97 Å². The van der Waals surface area contributed by atoms with E-state index in [2.05, 4.69) is 10.3 Å². The van der Waals surface area contributed by atoms with Gasteiger partial charge in [-0.05, 0) is 17.5 Å². The van der Waals surface area contributed by atoms with Gasteiger partial charge in [-0.3, -0.25) is 4.79 Å². The van der Waals surface area contributed by atoms with E-state index < -0.39 is 5.97 Å². The topological polar surface area (TPSA) is 88.3 Å². The molecule has 0 radical (unpaired) electrons. The van der Waals surface area contributed by atoms with Gasteiger partial charge < -0.3 is 10.0 Å². The van der Waals surface area contributed by atoms with Crippen LogP contribution in [0, 0.1) is 0 Å². The van der Waals surface area contributed by atoms with Gasteiger partial charge in [0.1, 0.15) is 0 Å². The summed E-state index contributed by atoms with van der Waals surface area (Å²) < 4.78 is 1.50. The van der Waals surface area contributed by atoms with Crippen molar-refractivity contribution in [1.29, 1.82) is 0 Å². The van der Waals surface area contributed by atoms with Crippen molar-refractivity contribution in [3.8, 4) is 0 Å². The normalized spacial score (nSPS) is 15.3. The molecule has 1 aliphatic heterocycles. The molecular formula is C13H12N4O3S. The Balaban J connectivity index is 1.55. The quantitative estimate of drug-likeness (QED) is 0.856. The van der Waals surface area contributed by atoms with E-state index in [0.29, 0.717) is 13.1 Å². The fourth-order valence-corrected chi connectivity index (χ4v) is 2.62. The lowest BCUT2D eigenvalue weighted by atomic mass is 10.1. The second-order valence-corrected chi connectivity index (χ2v) is 5.61. The molecule has 0 spiro atoms. The Hall–Kier alpha value is -2.48. The van der Waals surface area contributed by atoms with Crippen LogP contribution in [0.25, 0.3) is 6.08 Å². The summed E-state index contributed by atoms with van der Waals surface area (Å²) in [6.07, 6.45) is 4.72. The van der Waals surface area contributed by atoms with Gasteiger partial charge in [-0.2, -0.15) is 0 Å². The van der Waals surface area contributed by atoms with E-state index in [0.717, 1.165) is 4.88 Å². The maximum atomic E-state index is 11.9. The van der Waals surface area contributed by atoms with E-state index in [9.17, 15) is 9.59 Å². The van der Waals surface area contributed by atoms with Crippen LogP contribution < -0.4 is 0 Å². The summed E-state index contributed by atoms with van der Waals surface area (Å²) in [5.74, 6) is -1.16. The van der Waals surface area contributed by atoms with Crippen LogP contribution in [-0.2, 0) is 4.79 Å². The monoisotopic (exact) mass is 304 g/mol. The molecule has 1 aliphatic rings. The highest BCUT2D eigenvalue weighted by molar-refractivity contribution is 7.10. The number of rotatable bonds is 4. The van der Waals surface area contributed by atoms with Gasteiger partial charge in [0.25, 0.3) is 0 Å². The molecule has 0 atom stereocenters. The van der Waals surface area contributed by atoms with Crippen molar-refractivity contribution in [1.82, 2.24) is 19.9 Å². The van der Waals surface area contributed by atoms with Crippen LogP contribution in [0.15, 0.2) is 29.8 Å². The molecule has 1 fully saturated rings. The summed E-state index contributed by atoms with van der Waals surface area (Å²) in [5, 5.41) is 18.1. The lowest BCUT2D eigenvalue weighted by molar-refractivity contribution is -0.131. The minimum absolute atomic E-state index is 0.00955. The van der Waals surface area contributed by atoms with Gasteiger partial charge in [0.15, 0.2) is 5.69 Å². The van der Waals surface area contributed by atoms with Crippen LogP contribution in [0.3, 0.4) is 0 Å². The summed E-state index contributed by atoms with van der Waals surface area (Å²) in [7, 11) is 0. The maximum Gasteiger partial charge on any atom is 0.358 e. The number of carboxylic acids is 1. The summed E-state index contributed by atoms with van der Waals surface area (Å²) in [5.41, 5.74) is -0.0858. The Labute approximate surface area is 124 Å². The molecule has 0 unspecified atom stereocenters. The number of aromatic carboxylic acids is 1. The smallest absolute Gasteiger partial charge is 0.358 e. The van der Waals surface area contributed by atoms with Crippen LogP contribution in [0.5, 0.6) is 0 Å². The summed E-state index contributed by atoms with van der Waals surface area (Å²) in [4.78, 5) is 25.3. The number of hydrogen-bond acceptors (Lipinski definition) is 5. The molecule has 1 amide bonds. The molecule has 1 N–H and O–H groups in total. The Morgan fingerprint density at radius 3 is 2.86 bits per heavy atom. The zero-order valence-corrected chi connectivity index (χ0v) is 11.7. The molecule has 7 nitrogen and oxygen atoms in total. The molecule has 1 saturated heterocycles. The SMILES string of the molecule is O=C(O)c1cn(C2CN(C(=O)C=Cc3cccs3)C2)nn1. The largest absolute Gasteiger partial charge is 0.476 e.